The zero-order valence-corrected chi connectivity index (χ0v) is 10.2. The van der Waals surface area contributed by atoms with Gasteiger partial charge in [-0.3, -0.25) is 0 Å². The summed E-state index contributed by atoms with van der Waals surface area (Å²) in [5, 5.41) is 12.4. The van der Waals surface area contributed by atoms with Gasteiger partial charge >= 0.3 is 0 Å². The van der Waals surface area contributed by atoms with Crippen LogP contribution in [0.2, 0.25) is 0 Å². The van der Waals surface area contributed by atoms with Gasteiger partial charge in [-0.25, -0.2) is 0 Å². The topological polar surface area (TPSA) is 32.3 Å². The van der Waals surface area contributed by atoms with E-state index in [-0.39, 0.29) is 0 Å². The molecule has 0 aromatic carbocycles. The minimum absolute atomic E-state index is 0.326. The van der Waals surface area contributed by atoms with Crippen LogP contribution in [-0.2, 0) is 0 Å². The molecule has 0 amide bonds. The number of aliphatic hydroxyl groups is 1. The van der Waals surface area contributed by atoms with Crippen LogP contribution in [0, 0.1) is 11.8 Å². The molecule has 0 aromatic heterocycles. The quantitative estimate of drug-likeness (QED) is 0.665. The van der Waals surface area contributed by atoms with E-state index in [9.17, 15) is 0 Å². The highest BCUT2D eigenvalue weighted by molar-refractivity contribution is 4.67. The maximum Gasteiger partial charge on any atom is 0.0434 e. The Morgan fingerprint density at radius 2 is 1.87 bits per heavy atom. The first kappa shape index (κ1) is 13.0. The molecule has 0 radical (unpaired) electrons. The van der Waals surface area contributed by atoms with Crippen LogP contribution in [0.3, 0.4) is 0 Å². The molecule has 90 valence electrons. The molecular formula is C13H27NO. The molecule has 1 unspecified atom stereocenters. The number of aliphatic hydroxyl groups excluding tert-OH is 1. The third-order valence-corrected chi connectivity index (χ3v) is 3.52. The van der Waals surface area contributed by atoms with Gasteiger partial charge < -0.3 is 10.4 Å². The molecule has 1 rings (SSSR count). The summed E-state index contributed by atoms with van der Waals surface area (Å²) < 4.78 is 0. The Hall–Kier alpha value is -0.0800. The molecule has 15 heavy (non-hydrogen) atoms. The molecule has 0 aromatic rings. The van der Waals surface area contributed by atoms with Crippen molar-refractivity contribution in [2.45, 2.75) is 51.9 Å². The molecule has 0 spiro atoms. The average molecular weight is 213 g/mol. The van der Waals surface area contributed by atoms with Crippen LogP contribution >= 0.6 is 0 Å². The van der Waals surface area contributed by atoms with Gasteiger partial charge in [0.1, 0.15) is 0 Å². The molecule has 1 atom stereocenters. The fourth-order valence-electron chi connectivity index (χ4n) is 2.42. The minimum atomic E-state index is 0.326. The lowest BCUT2D eigenvalue weighted by molar-refractivity contribution is 0.258. The second kappa shape index (κ2) is 8.12. The fourth-order valence-corrected chi connectivity index (χ4v) is 2.42. The highest BCUT2D eigenvalue weighted by Gasteiger charge is 2.11. The zero-order valence-electron chi connectivity index (χ0n) is 10.2. The molecule has 1 aliphatic rings. The number of nitrogens with one attached hydrogen (secondary N) is 1. The SMILES string of the molecule is CC(CCO)CNCC1CCCCCC1. The van der Waals surface area contributed by atoms with Crippen LogP contribution in [0.4, 0.5) is 0 Å². The number of rotatable bonds is 6. The summed E-state index contributed by atoms with van der Waals surface area (Å²) in [5.41, 5.74) is 0. The van der Waals surface area contributed by atoms with Gasteiger partial charge in [0.15, 0.2) is 0 Å². The normalized spacial score (nSPS) is 21.2. The van der Waals surface area contributed by atoms with Gasteiger partial charge in [-0.1, -0.05) is 32.6 Å². The van der Waals surface area contributed by atoms with Crippen LogP contribution in [-0.4, -0.2) is 24.8 Å². The zero-order chi connectivity index (χ0) is 10.9. The Morgan fingerprint density at radius 3 is 2.47 bits per heavy atom. The maximum absolute atomic E-state index is 8.79. The molecule has 1 saturated carbocycles. The Balaban J connectivity index is 2.02. The van der Waals surface area contributed by atoms with Crippen molar-refractivity contribution in [2.75, 3.05) is 19.7 Å². The monoisotopic (exact) mass is 213 g/mol. The molecular weight excluding hydrogens is 186 g/mol. The predicted molar refractivity (Wildman–Crippen MR) is 64.9 cm³/mol. The molecule has 0 aliphatic heterocycles. The van der Waals surface area contributed by atoms with Gasteiger partial charge in [-0.05, 0) is 44.2 Å². The van der Waals surface area contributed by atoms with Gasteiger partial charge in [0, 0.05) is 6.61 Å². The Labute approximate surface area is 94.5 Å². The van der Waals surface area contributed by atoms with Crippen molar-refractivity contribution in [3.8, 4) is 0 Å². The van der Waals surface area contributed by atoms with E-state index >= 15 is 0 Å². The Kier molecular flexibility index (Phi) is 7.03. The summed E-state index contributed by atoms with van der Waals surface area (Å²) in [6.07, 6.45) is 9.51. The van der Waals surface area contributed by atoms with Gasteiger partial charge in [0.25, 0.3) is 0 Å². The van der Waals surface area contributed by atoms with Gasteiger partial charge in [0.2, 0.25) is 0 Å². The summed E-state index contributed by atoms with van der Waals surface area (Å²) in [5.74, 6) is 1.52. The highest BCUT2D eigenvalue weighted by Crippen LogP contribution is 2.22. The van der Waals surface area contributed by atoms with E-state index in [2.05, 4.69) is 12.2 Å². The molecule has 2 nitrogen and oxygen atoms in total. The molecule has 2 heteroatoms. The second-order valence-corrected chi connectivity index (χ2v) is 5.13. The Morgan fingerprint density at radius 1 is 1.20 bits per heavy atom. The maximum atomic E-state index is 8.79. The van der Waals surface area contributed by atoms with E-state index < -0.39 is 0 Å². The van der Waals surface area contributed by atoms with Crippen molar-refractivity contribution in [2.24, 2.45) is 11.8 Å². The summed E-state index contributed by atoms with van der Waals surface area (Å²) in [7, 11) is 0. The van der Waals surface area contributed by atoms with Crippen molar-refractivity contribution in [3.05, 3.63) is 0 Å². The van der Waals surface area contributed by atoms with E-state index in [0.717, 1.165) is 18.9 Å². The van der Waals surface area contributed by atoms with Crippen molar-refractivity contribution in [1.82, 2.24) is 5.32 Å². The average Bonchev–Trinajstić information content (AvgIpc) is 2.47. The predicted octanol–water partition coefficient (Wildman–Crippen LogP) is 2.56. The van der Waals surface area contributed by atoms with Crippen LogP contribution in [0.1, 0.15) is 51.9 Å². The van der Waals surface area contributed by atoms with Crippen molar-refractivity contribution >= 4 is 0 Å². The van der Waals surface area contributed by atoms with Gasteiger partial charge in [0.05, 0.1) is 0 Å². The number of hydrogen-bond acceptors (Lipinski definition) is 2. The summed E-state index contributed by atoms with van der Waals surface area (Å²) in [6, 6.07) is 0. The third-order valence-electron chi connectivity index (χ3n) is 3.52. The van der Waals surface area contributed by atoms with E-state index in [1.165, 1.54) is 45.1 Å². The second-order valence-electron chi connectivity index (χ2n) is 5.13. The summed E-state index contributed by atoms with van der Waals surface area (Å²) >= 11 is 0. The summed E-state index contributed by atoms with van der Waals surface area (Å²) in [4.78, 5) is 0. The molecule has 1 aliphatic carbocycles. The van der Waals surface area contributed by atoms with Gasteiger partial charge in [-0.15, -0.1) is 0 Å². The van der Waals surface area contributed by atoms with Crippen LogP contribution < -0.4 is 5.32 Å². The van der Waals surface area contributed by atoms with Gasteiger partial charge in [-0.2, -0.15) is 0 Å². The van der Waals surface area contributed by atoms with E-state index in [4.69, 9.17) is 5.11 Å². The minimum Gasteiger partial charge on any atom is -0.396 e. The molecule has 0 bridgehead atoms. The lowest BCUT2D eigenvalue weighted by atomic mass is 10.00. The van der Waals surface area contributed by atoms with E-state index in [1.54, 1.807) is 0 Å². The smallest absolute Gasteiger partial charge is 0.0434 e. The standard InChI is InChI=1S/C13H27NO/c1-12(8-9-15)10-14-11-13-6-4-2-3-5-7-13/h12-15H,2-11H2,1H3. The summed E-state index contributed by atoms with van der Waals surface area (Å²) in [6.45, 7) is 4.79. The van der Waals surface area contributed by atoms with E-state index in [0.29, 0.717) is 12.5 Å². The van der Waals surface area contributed by atoms with Crippen molar-refractivity contribution in [1.29, 1.82) is 0 Å². The van der Waals surface area contributed by atoms with Crippen LogP contribution in [0.5, 0.6) is 0 Å². The highest BCUT2D eigenvalue weighted by atomic mass is 16.3. The number of hydrogen-bond donors (Lipinski definition) is 2. The molecule has 0 heterocycles. The third kappa shape index (κ3) is 6.16. The van der Waals surface area contributed by atoms with Crippen molar-refractivity contribution < 1.29 is 5.11 Å². The first-order valence-electron chi connectivity index (χ1n) is 6.64. The fraction of sp³-hybridized carbons (Fsp3) is 1.00. The molecule has 2 N–H and O–H groups in total. The lowest BCUT2D eigenvalue weighted by Gasteiger charge is -2.17. The largest absolute Gasteiger partial charge is 0.396 e. The van der Waals surface area contributed by atoms with Crippen molar-refractivity contribution in [3.63, 3.8) is 0 Å². The van der Waals surface area contributed by atoms with Crippen LogP contribution in [0.25, 0.3) is 0 Å². The first-order chi connectivity index (χ1) is 7.33. The van der Waals surface area contributed by atoms with E-state index in [1.807, 2.05) is 0 Å². The molecule has 1 fully saturated rings. The lowest BCUT2D eigenvalue weighted by Crippen LogP contribution is -2.27. The molecule has 0 saturated heterocycles. The first-order valence-corrected chi connectivity index (χ1v) is 6.64. The Bertz CT molecular complexity index is 141. The van der Waals surface area contributed by atoms with Crippen LogP contribution in [0.15, 0.2) is 0 Å².